The normalized spacial score (nSPS) is 40.7. The van der Waals surface area contributed by atoms with Crippen LogP contribution in [-0.2, 0) is 96.1 Å². The number of amides is 2. The van der Waals surface area contributed by atoms with Gasteiger partial charge in [0, 0.05) is 13.8 Å². The van der Waals surface area contributed by atoms with Gasteiger partial charge in [-0.05, 0) is 0 Å². The number of rotatable bonds is 18. The van der Waals surface area contributed by atoms with Gasteiger partial charge in [0.1, 0.15) is 79.2 Å². The van der Waals surface area contributed by atoms with Crippen LogP contribution in [0.5, 0.6) is 0 Å². The number of carbonyl (C=O) groups is 4. The van der Waals surface area contributed by atoms with E-state index in [4.69, 9.17) is 33.2 Å². The molecule has 65 heavy (non-hydrogen) atoms. The number of hydrogen-bond donors (Lipinski definition) is 14. The Morgan fingerprint density at radius 2 is 1.02 bits per heavy atom. The molecule has 0 saturated carbocycles. The van der Waals surface area contributed by atoms with E-state index in [9.17, 15) is 104 Å². The van der Waals surface area contributed by atoms with Crippen LogP contribution in [-0.4, -0.2) is 245 Å². The Labute approximate surface area is 364 Å². The highest BCUT2D eigenvalue weighted by Gasteiger charge is 2.59. The van der Waals surface area contributed by atoms with Crippen molar-refractivity contribution in [1.82, 2.24) is 10.6 Å². The number of carboxylic acid groups (broad SMARTS) is 2. The van der Waals surface area contributed by atoms with Crippen LogP contribution in [0.15, 0.2) is 0 Å². The van der Waals surface area contributed by atoms with E-state index in [1.165, 1.54) is 0 Å². The summed E-state index contributed by atoms with van der Waals surface area (Å²) in [6.45, 7) is -0.990. The molecule has 34 nitrogen and oxygen atoms in total. The second-order valence-electron chi connectivity index (χ2n) is 14.2. The van der Waals surface area contributed by atoms with E-state index >= 15 is 0 Å². The van der Waals surface area contributed by atoms with Crippen LogP contribution in [0.25, 0.3) is 0 Å². The summed E-state index contributed by atoms with van der Waals surface area (Å²) >= 11 is 0. The number of hydrogen-bond acceptors (Lipinski definition) is 27. The number of aliphatic hydroxyl groups excluding tert-OH is 7. The van der Waals surface area contributed by atoms with Crippen molar-refractivity contribution in [2.75, 3.05) is 13.2 Å². The first-order valence-corrected chi connectivity index (χ1v) is 22.1. The Morgan fingerprint density at radius 3 is 1.52 bits per heavy atom. The minimum Gasteiger partial charge on any atom is -0.479 e. The van der Waals surface area contributed by atoms with Crippen LogP contribution < -0.4 is 10.6 Å². The Morgan fingerprint density at radius 1 is 0.523 bits per heavy atom. The van der Waals surface area contributed by atoms with Crippen LogP contribution >= 0.6 is 0 Å². The molecule has 0 spiro atoms. The van der Waals surface area contributed by atoms with Crippen molar-refractivity contribution < 1.29 is 150 Å². The maximum absolute atomic E-state index is 12.7. The lowest BCUT2D eigenvalue weighted by Gasteiger charge is -2.50. The van der Waals surface area contributed by atoms with Gasteiger partial charge in [0.05, 0.1) is 13.2 Å². The van der Waals surface area contributed by atoms with Gasteiger partial charge < -0.3 is 89.8 Å². The average Bonchev–Trinajstić information content (AvgIpc) is 3.16. The zero-order chi connectivity index (χ0) is 49.3. The molecule has 37 heteroatoms. The molecule has 0 aromatic heterocycles. The van der Waals surface area contributed by atoms with Gasteiger partial charge in [-0.2, -0.15) is 25.3 Å². The third-order valence-corrected chi connectivity index (χ3v) is 10.9. The molecule has 0 aromatic carbocycles. The Bertz CT molecular complexity index is 2040. The predicted molar refractivity (Wildman–Crippen MR) is 189 cm³/mol. The lowest BCUT2D eigenvalue weighted by atomic mass is 9.94. The highest BCUT2D eigenvalue weighted by Crippen LogP contribution is 2.36. The van der Waals surface area contributed by atoms with Crippen molar-refractivity contribution in [2.45, 2.75) is 137 Å². The molecule has 2 amide bonds. The molecule has 4 saturated heterocycles. The summed E-state index contributed by atoms with van der Waals surface area (Å²) in [6, 6.07) is -4.16. The van der Waals surface area contributed by atoms with Crippen LogP contribution in [0.2, 0.25) is 0 Å². The van der Waals surface area contributed by atoms with E-state index in [0.29, 0.717) is 0 Å². The average molecular weight is 1020 g/mol. The minimum absolute atomic E-state index is 0.780. The summed E-state index contributed by atoms with van der Waals surface area (Å²) in [4.78, 5) is 49.1. The smallest absolute Gasteiger partial charge is 0.397 e. The van der Waals surface area contributed by atoms with Gasteiger partial charge in [0.25, 0.3) is 0 Å². The largest absolute Gasteiger partial charge is 0.479 e. The summed E-state index contributed by atoms with van der Waals surface area (Å²) in [7, 11) is -16.6. The zero-order valence-electron chi connectivity index (χ0n) is 32.7. The quantitative estimate of drug-likeness (QED) is 0.0567. The van der Waals surface area contributed by atoms with Crippen LogP contribution in [0.3, 0.4) is 0 Å². The van der Waals surface area contributed by atoms with E-state index in [0.717, 1.165) is 13.8 Å². The lowest BCUT2D eigenvalue weighted by Crippen LogP contribution is -2.71. The number of aliphatic carboxylic acids is 2. The fraction of sp³-hybridized carbons (Fsp3) is 0.857. The molecule has 4 aliphatic rings. The molecule has 4 heterocycles. The van der Waals surface area contributed by atoms with Crippen LogP contribution in [0.4, 0.5) is 0 Å². The molecule has 14 N–H and O–H groups in total. The number of ether oxygens (including phenoxy) is 7. The Kier molecular flexibility index (Phi) is 18.0. The van der Waals surface area contributed by atoms with Crippen molar-refractivity contribution in [2.24, 2.45) is 0 Å². The molecule has 4 aliphatic heterocycles. The van der Waals surface area contributed by atoms with E-state index in [-0.39, 0.29) is 0 Å². The van der Waals surface area contributed by atoms with E-state index < -0.39 is 191 Å². The first-order valence-electron chi connectivity index (χ1n) is 18.0. The monoisotopic (exact) mass is 1020 g/mol. The first kappa shape index (κ1) is 54.5. The predicted octanol–water partition coefficient (Wildman–Crippen LogP) is -9.80. The van der Waals surface area contributed by atoms with Crippen molar-refractivity contribution in [3.63, 3.8) is 0 Å². The Hall–Kier alpha value is -3.07. The molecule has 1 unspecified atom stereocenters. The van der Waals surface area contributed by atoms with Crippen LogP contribution in [0.1, 0.15) is 13.8 Å². The second-order valence-corrected chi connectivity index (χ2v) is 17.4. The molecule has 4 fully saturated rings. The fourth-order valence-electron chi connectivity index (χ4n) is 6.91. The number of carbonyl (C=O) groups excluding carboxylic acids is 2. The molecule has 0 aromatic rings. The number of carboxylic acids is 2. The molecule has 0 radical (unpaired) electrons. The van der Waals surface area contributed by atoms with Gasteiger partial charge in [-0.25, -0.2) is 22.1 Å². The fourth-order valence-corrected chi connectivity index (χ4v) is 8.21. The van der Waals surface area contributed by atoms with Gasteiger partial charge in [0.2, 0.25) is 11.8 Å². The summed E-state index contributed by atoms with van der Waals surface area (Å²) in [5.41, 5.74) is 0. The standard InChI is InChI=1S/C28H44N2O32S3/c1-5(32)29-9-18(16(61-64(47,48)49)7(3-31)54-25(9)43)57-27-15(38)14(37)19(22(60-27)24(41)42)58-26-10(30-6(2)33)17(11(34)8(55-26)4-53-63(44,45)46)56-28-21(62-65(50,51)52)13(36)12(35)20(59-28)23(39)40/h7-22,25-28,31,34-38,43H,3-4H2,1-2H3,(H,29,32)(H,30,33)(H,39,40)(H,41,42)(H,44,45,46)(H,47,48,49)(H,50,51,52)/t7-,8-,9-,10-,11+,12+,13+,14-,15-,16+,17-,18-,19+,20+,21-,22+,25?,26+,27-,28-/m1/s1. The van der Waals surface area contributed by atoms with Gasteiger partial charge in [-0.3, -0.25) is 23.2 Å². The first-order chi connectivity index (χ1) is 29.8. The van der Waals surface area contributed by atoms with Crippen molar-refractivity contribution in [1.29, 1.82) is 0 Å². The van der Waals surface area contributed by atoms with Crippen molar-refractivity contribution in [3.05, 3.63) is 0 Å². The summed E-state index contributed by atoms with van der Waals surface area (Å²) in [5, 5.41) is 99.2. The van der Waals surface area contributed by atoms with Gasteiger partial charge in [-0.15, -0.1) is 0 Å². The molecule has 0 bridgehead atoms. The zero-order valence-corrected chi connectivity index (χ0v) is 35.2. The summed E-state index contributed by atoms with van der Waals surface area (Å²) in [6.07, 6.45) is -44.1. The van der Waals surface area contributed by atoms with Gasteiger partial charge >= 0.3 is 43.1 Å². The number of aliphatic hydroxyl groups is 7. The molecule has 20 atom stereocenters. The minimum atomic E-state index is -5.67. The molecule has 0 aliphatic carbocycles. The lowest BCUT2D eigenvalue weighted by molar-refractivity contribution is -0.367. The van der Waals surface area contributed by atoms with E-state index in [2.05, 4.69) is 23.2 Å². The van der Waals surface area contributed by atoms with E-state index in [1.54, 1.807) is 0 Å². The third-order valence-electron chi connectivity index (χ3n) is 9.56. The molecule has 4 rings (SSSR count). The molecular weight excluding hydrogens is 972 g/mol. The van der Waals surface area contributed by atoms with E-state index in [1.807, 2.05) is 0 Å². The highest BCUT2D eigenvalue weighted by atomic mass is 32.3. The SMILES string of the molecule is CC(=O)N[C@H]1[C@H](O[C@H]2[C@H](O)[C@@H](O)[C@H](O[C@H]3[C@@H](OS(=O)(=O)O)[C@@H](CO)OC(O)[C@@H]3NC(C)=O)O[C@@H]2C(=O)O)O[C@H](COS(=O)(=O)O)[C@H](O)[C@@H]1O[C@@H]1O[C@H](C(=O)O)[C@@H](O)[C@H](O)[C@H]1OS(=O)(=O)O. The maximum atomic E-state index is 12.7. The second kappa shape index (κ2) is 21.5. The van der Waals surface area contributed by atoms with Crippen molar-refractivity contribution in [3.8, 4) is 0 Å². The number of nitrogens with one attached hydrogen (secondary N) is 2. The summed E-state index contributed by atoms with van der Waals surface area (Å²) < 4.78 is 149. The third kappa shape index (κ3) is 14.0. The molecule has 376 valence electrons. The van der Waals surface area contributed by atoms with Gasteiger partial charge in [-0.1, -0.05) is 0 Å². The topological polar surface area (TPSA) is 530 Å². The highest BCUT2D eigenvalue weighted by molar-refractivity contribution is 7.81. The van der Waals surface area contributed by atoms with Crippen LogP contribution in [0, 0.1) is 0 Å². The summed E-state index contributed by atoms with van der Waals surface area (Å²) in [5.74, 6) is -6.25. The maximum Gasteiger partial charge on any atom is 0.397 e. The van der Waals surface area contributed by atoms with Gasteiger partial charge in [0.15, 0.2) is 43.5 Å². The molecular formula is C28H44N2O32S3. The Balaban J connectivity index is 1.76. The van der Waals surface area contributed by atoms with Crippen molar-refractivity contribution >= 4 is 54.9 Å².